The third-order valence-electron chi connectivity index (χ3n) is 5.49. The van der Waals surface area contributed by atoms with Crippen LogP contribution in [0.1, 0.15) is 35.4 Å². The second-order valence-corrected chi connectivity index (χ2v) is 7.94. The molecule has 7 nitrogen and oxygen atoms in total. The Morgan fingerprint density at radius 2 is 1.61 bits per heavy atom. The molecule has 1 aromatic heterocycles. The molecule has 0 spiro atoms. The second-order valence-electron chi connectivity index (χ2n) is 7.94. The Bertz CT molecular complexity index is 1070. The van der Waals surface area contributed by atoms with Crippen molar-refractivity contribution in [2.75, 3.05) is 10.6 Å². The molecule has 1 saturated carbocycles. The molecule has 3 N–H and O–H groups in total. The smallest absolute Gasteiger partial charge is 0.319 e. The van der Waals surface area contributed by atoms with Crippen LogP contribution in [0.25, 0.3) is 0 Å². The van der Waals surface area contributed by atoms with Crippen LogP contribution < -0.4 is 16.0 Å². The third-order valence-corrected chi connectivity index (χ3v) is 5.49. The highest BCUT2D eigenvalue weighted by Crippen LogP contribution is 2.30. The summed E-state index contributed by atoms with van der Waals surface area (Å²) in [6.07, 6.45) is 1.94. The Hall–Kier alpha value is -3.61. The van der Waals surface area contributed by atoms with Crippen LogP contribution in [0.5, 0.6) is 0 Å². The number of amides is 3. The van der Waals surface area contributed by atoms with Gasteiger partial charge in [0, 0.05) is 35.1 Å². The predicted molar refractivity (Wildman–Crippen MR) is 121 cm³/mol. The zero-order chi connectivity index (χ0) is 21.8. The van der Waals surface area contributed by atoms with E-state index in [1.807, 2.05) is 36.7 Å². The van der Waals surface area contributed by atoms with Gasteiger partial charge in [-0.1, -0.05) is 30.3 Å². The summed E-state index contributed by atoms with van der Waals surface area (Å²) in [6.45, 7) is 5.07. The van der Waals surface area contributed by atoms with E-state index in [0.717, 1.165) is 35.5 Å². The maximum atomic E-state index is 12.3. The van der Waals surface area contributed by atoms with Crippen molar-refractivity contribution in [2.24, 2.45) is 5.92 Å². The van der Waals surface area contributed by atoms with E-state index >= 15 is 0 Å². The molecule has 1 aliphatic carbocycles. The molecule has 0 atom stereocenters. The van der Waals surface area contributed by atoms with Gasteiger partial charge in [0.1, 0.15) is 0 Å². The first-order valence-electron chi connectivity index (χ1n) is 10.5. The summed E-state index contributed by atoms with van der Waals surface area (Å²) in [7, 11) is 0. The van der Waals surface area contributed by atoms with Gasteiger partial charge in [-0.25, -0.2) is 4.79 Å². The van der Waals surface area contributed by atoms with Crippen molar-refractivity contribution in [2.45, 2.75) is 39.8 Å². The first-order chi connectivity index (χ1) is 15.0. The average molecular weight is 418 g/mol. The third kappa shape index (κ3) is 5.31. The van der Waals surface area contributed by atoms with Crippen molar-refractivity contribution in [3.05, 3.63) is 77.1 Å². The number of nitrogens with one attached hydrogen (secondary N) is 3. The van der Waals surface area contributed by atoms with Gasteiger partial charge in [0.05, 0.1) is 12.2 Å². The van der Waals surface area contributed by atoms with Crippen LogP contribution in [0.15, 0.2) is 54.6 Å². The molecule has 7 heteroatoms. The molecule has 3 aromatic rings. The van der Waals surface area contributed by atoms with Crippen molar-refractivity contribution >= 4 is 23.3 Å². The van der Waals surface area contributed by atoms with E-state index in [4.69, 9.17) is 0 Å². The molecule has 0 unspecified atom stereocenters. The van der Waals surface area contributed by atoms with Gasteiger partial charge in [0.2, 0.25) is 5.91 Å². The van der Waals surface area contributed by atoms with Gasteiger partial charge in [-0.05, 0) is 56.5 Å². The number of anilines is 2. The number of aromatic nitrogens is 2. The standard InChI is InChI=1S/C24H27N5O2/c1-16-22(17(2)29(28-16)15-18-6-4-3-5-7-18)14-25-24(31)27-21-12-10-20(11-13-21)26-23(30)19-8-9-19/h3-7,10-13,19H,8-9,14-15H2,1-2H3,(H,26,30)(H2,25,27,31). The van der Waals surface area contributed by atoms with Crippen molar-refractivity contribution in [1.82, 2.24) is 15.1 Å². The van der Waals surface area contributed by atoms with E-state index < -0.39 is 0 Å². The number of rotatable bonds is 7. The zero-order valence-corrected chi connectivity index (χ0v) is 17.8. The zero-order valence-electron chi connectivity index (χ0n) is 17.8. The van der Waals surface area contributed by atoms with E-state index in [0.29, 0.717) is 18.8 Å². The molecule has 0 saturated heterocycles. The topological polar surface area (TPSA) is 88.1 Å². The van der Waals surface area contributed by atoms with E-state index in [-0.39, 0.29) is 17.9 Å². The summed E-state index contributed by atoms with van der Waals surface area (Å²) in [4.78, 5) is 24.2. The predicted octanol–water partition coefficient (Wildman–Crippen LogP) is 4.22. The van der Waals surface area contributed by atoms with Crippen molar-refractivity contribution < 1.29 is 9.59 Å². The largest absolute Gasteiger partial charge is 0.334 e. The summed E-state index contributed by atoms with van der Waals surface area (Å²) in [5, 5.41) is 13.2. The highest BCUT2D eigenvalue weighted by atomic mass is 16.2. The summed E-state index contributed by atoms with van der Waals surface area (Å²) in [5.41, 5.74) is 5.54. The minimum atomic E-state index is -0.288. The molecule has 31 heavy (non-hydrogen) atoms. The summed E-state index contributed by atoms with van der Waals surface area (Å²) in [5.74, 6) is 0.226. The molecule has 160 valence electrons. The van der Waals surface area contributed by atoms with E-state index in [2.05, 4.69) is 33.2 Å². The first-order valence-corrected chi connectivity index (χ1v) is 10.5. The maximum Gasteiger partial charge on any atom is 0.319 e. The van der Waals surface area contributed by atoms with Crippen LogP contribution in [0.4, 0.5) is 16.2 Å². The monoisotopic (exact) mass is 417 g/mol. The summed E-state index contributed by atoms with van der Waals surface area (Å²) in [6, 6.07) is 17.0. The van der Waals surface area contributed by atoms with Gasteiger partial charge in [-0.15, -0.1) is 0 Å². The van der Waals surface area contributed by atoms with Crippen LogP contribution in [0.2, 0.25) is 0 Å². The molecule has 1 heterocycles. The van der Waals surface area contributed by atoms with Crippen molar-refractivity contribution in [3.63, 3.8) is 0 Å². The van der Waals surface area contributed by atoms with E-state index in [9.17, 15) is 9.59 Å². The molecule has 0 bridgehead atoms. The number of nitrogens with zero attached hydrogens (tertiary/aromatic N) is 2. The lowest BCUT2D eigenvalue weighted by Crippen LogP contribution is -2.28. The molecule has 0 radical (unpaired) electrons. The van der Waals surface area contributed by atoms with Crippen molar-refractivity contribution in [3.8, 4) is 0 Å². The number of hydrogen-bond acceptors (Lipinski definition) is 3. The molecular weight excluding hydrogens is 390 g/mol. The van der Waals surface area contributed by atoms with Crippen molar-refractivity contribution in [1.29, 1.82) is 0 Å². The molecule has 1 aliphatic rings. The summed E-state index contributed by atoms with van der Waals surface area (Å²) < 4.78 is 1.97. The molecule has 2 aromatic carbocycles. The number of benzene rings is 2. The number of carbonyl (C=O) groups is 2. The highest BCUT2D eigenvalue weighted by molar-refractivity contribution is 5.94. The van der Waals surface area contributed by atoms with E-state index in [1.165, 1.54) is 5.56 Å². The van der Waals surface area contributed by atoms with Crippen LogP contribution >= 0.6 is 0 Å². The Morgan fingerprint density at radius 1 is 0.968 bits per heavy atom. The van der Waals surface area contributed by atoms with Gasteiger partial charge in [-0.3, -0.25) is 9.48 Å². The maximum absolute atomic E-state index is 12.3. The minimum Gasteiger partial charge on any atom is -0.334 e. The fourth-order valence-electron chi connectivity index (χ4n) is 3.47. The molecule has 3 amide bonds. The number of urea groups is 1. The molecular formula is C24H27N5O2. The van der Waals surface area contributed by atoms with E-state index in [1.54, 1.807) is 24.3 Å². The lowest BCUT2D eigenvalue weighted by atomic mass is 10.2. The first kappa shape index (κ1) is 20.7. The molecule has 4 rings (SSSR count). The fourth-order valence-corrected chi connectivity index (χ4v) is 3.47. The second kappa shape index (κ2) is 9.04. The molecule has 1 fully saturated rings. The van der Waals surface area contributed by atoms with Gasteiger partial charge >= 0.3 is 6.03 Å². The average Bonchev–Trinajstić information content (AvgIpc) is 3.57. The highest BCUT2D eigenvalue weighted by Gasteiger charge is 2.29. The number of hydrogen-bond donors (Lipinski definition) is 3. The minimum absolute atomic E-state index is 0.0667. The van der Waals surface area contributed by atoms with Gasteiger partial charge in [-0.2, -0.15) is 5.10 Å². The summed E-state index contributed by atoms with van der Waals surface area (Å²) >= 11 is 0. The van der Waals surface area contributed by atoms with Gasteiger partial charge < -0.3 is 16.0 Å². The van der Waals surface area contributed by atoms with Crippen LogP contribution in [0.3, 0.4) is 0 Å². The van der Waals surface area contributed by atoms with Gasteiger partial charge in [0.25, 0.3) is 0 Å². The Labute approximate surface area is 181 Å². The Kier molecular flexibility index (Phi) is 6.02. The Balaban J connectivity index is 1.31. The van der Waals surface area contributed by atoms with Gasteiger partial charge in [0.15, 0.2) is 0 Å². The normalized spacial score (nSPS) is 13.0. The SMILES string of the molecule is Cc1nn(Cc2ccccc2)c(C)c1CNC(=O)Nc1ccc(NC(=O)C2CC2)cc1. The van der Waals surface area contributed by atoms with Crippen LogP contribution in [-0.4, -0.2) is 21.7 Å². The number of aryl methyl sites for hydroxylation is 1. The quantitative estimate of drug-likeness (QED) is 0.538. The lowest BCUT2D eigenvalue weighted by Gasteiger charge is -2.10. The lowest BCUT2D eigenvalue weighted by molar-refractivity contribution is -0.117. The fraction of sp³-hybridized carbons (Fsp3) is 0.292. The number of carbonyl (C=O) groups excluding carboxylic acids is 2. The molecule has 0 aliphatic heterocycles. The van der Waals surface area contributed by atoms with Crippen LogP contribution in [-0.2, 0) is 17.9 Å². The Morgan fingerprint density at radius 3 is 2.26 bits per heavy atom. The van der Waals surface area contributed by atoms with Crippen LogP contribution in [0, 0.1) is 19.8 Å².